The predicted octanol–water partition coefficient (Wildman–Crippen LogP) is 4.93. The van der Waals surface area contributed by atoms with E-state index in [1.165, 1.54) is 26.9 Å². The van der Waals surface area contributed by atoms with E-state index in [1.54, 1.807) is 0 Å². The highest BCUT2D eigenvalue weighted by atomic mass is 79.9. The molecule has 86 valence electrons. The third-order valence-corrected chi connectivity index (χ3v) is 4.34. The molecule has 18 heavy (non-hydrogen) atoms. The van der Waals surface area contributed by atoms with Crippen molar-refractivity contribution in [1.82, 2.24) is 0 Å². The highest BCUT2D eigenvalue weighted by Gasteiger charge is 2.10. The number of anilines is 1. The Morgan fingerprint density at radius 1 is 0.667 bits per heavy atom. The monoisotopic (exact) mass is 295 g/mol. The zero-order valence-corrected chi connectivity index (χ0v) is 11.2. The summed E-state index contributed by atoms with van der Waals surface area (Å²) >= 11 is 3.63. The molecule has 0 unspecified atom stereocenters. The molecule has 0 aromatic heterocycles. The van der Waals surface area contributed by atoms with Crippen LogP contribution in [0.25, 0.3) is 32.3 Å². The summed E-state index contributed by atoms with van der Waals surface area (Å²) in [6, 6.07) is 16.9. The first kappa shape index (κ1) is 10.2. The summed E-state index contributed by atoms with van der Waals surface area (Å²) in [6.45, 7) is 0. The first-order valence-electron chi connectivity index (χ1n) is 5.87. The molecule has 0 fully saturated rings. The van der Waals surface area contributed by atoms with Gasteiger partial charge in [-0.15, -0.1) is 0 Å². The zero-order valence-electron chi connectivity index (χ0n) is 9.57. The van der Waals surface area contributed by atoms with E-state index in [4.69, 9.17) is 5.73 Å². The van der Waals surface area contributed by atoms with E-state index >= 15 is 0 Å². The lowest BCUT2D eigenvalue weighted by Gasteiger charge is -2.12. The van der Waals surface area contributed by atoms with Gasteiger partial charge in [-0.05, 0) is 39.1 Å². The van der Waals surface area contributed by atoms with Crippen LogP contribution in [0.15, 0.2) is 53.0 Å². The number of benzene rings is 4. The number of hydrogen-bond donors (Lipinski definition) is 1. The van der Waals surface area contributed by atoms with E-state index in [-0.39, 0.29) is 0 Å². The molecule has 0 heterocycles. The van der Waals surface area contributed by atoms with Crippen LogP contribution < -0.4 is 5.73 Å². The Balaban J connectivity index is 2.47. The molecular weight excluding hydrogens is 286 g/mol. The Labute approximate surface area is 113 Å². The Bertz CT molecular complexity index is 821. The summed E-state index contributed by atoms with van der Waals surface area (Å²) in [5.74, 6) is 0. The fraction of sp³-hybridized carbons (Fsp3) is 0. The fourth-order valence-electron chi connectivity index (χ4n) is 2.79. The van der Waals surface area contributed by atoms with Crippen molar-refractivity contribution >= 4 is 53.9 Å². The lowest BCUT2D eigenvalue weighted by Crippen LogP contribution is -1.90. The van der Waals surface area contributed by atoms with Gasteiger partial charge in [-0.3, -0.25) is 0 Å². The molecular formula is C16H10BrN. The topological polar surface area (TPSA) is 26.0 Å². The van der Waals surface area contributed by atoms with E-state index in [1.807, 2.05) is 6.07 Å². The largest absolute Gasteiger partial charge is 0.398 e. The highest BCUT2D eigenvalue weighted by Crippen LogP contribution is 2.39. The van der Waals surface area contributed by atoms with Crippen LogP contribution in [0.3, 0.4) is 0 Å². The molecule has 0 aliphatic heterocycles. The van der Waals surface area contributed by atoms with Gasteiger partial charge >= 0.3 is 0 Å². The van der Waals surface area contributed by atoms with Gasteiger partial charge in [-0.2, -0.15) is 0 Å². The van der Waals surface area contributed by atoms with Crippen molar-refractivity contribution in [2.24, 2.45) is 0 Å². The van der Waals surface area contributed by atoms with Crippen molar-refractivity contribution in [1.29, 1.82) is 0 Å². The molecule has 4 rings (SSSR count). The van der Waals surface area contributed by atoms with Gasteiger partial charge in [-0.25, -0.2) is 0 Å². The second-order valence-electron chi connectivity index (χ2n) is 4.62. The van der Waals surface area contributed by atoms with Crippen LogP contribution in [-0.2, 0) is 0 Å². The van der Waals surface area contributed by atoms with Gasteiger partial charge < -0.3 is 5.73 Å². The van der Waals surface area contributed by atoms with Crippen LogP contribution in [0.4, 0.5) is 5.69 Å². The van der Waals surface area contributed by atoms with Gasteiger partial charge in [0, 0.05) is 15.5 Å². The van der Waals surface area contributed by atoms with Crippen molar-refractivity contribution in [2.75, 3.05) is 5.73 Å². The molecule has 0 aliphatic rings. The Kier molecular flexibility index (Phi) is 1.90. The Hall–Kier alpha value is -1.80. The number of nitrogen functional groups attached to an aromatic ring is 1. The van der Waals surface area contributed by atoms with Crippen molar-refractivity contribution in [3.05, 3.63) is 53.0 Å². The summed E-state index contributed by atoms with van der Waals surface area (Å²) in [5, 5.41) is 7.46. The van der Waals surface area contributed by atoms with Gasteiger partial charge in [0.15, 0.2) is 0 Å². The van der Waals surface area contributed by atoms with Crippen molar-refractivity contribution < 1.29 is 0 Å². The van der Waals surface area contributed by atoms with Crippen molar-refractivity contribution in [3.63, 3.8) is 0 Å². The lowest BCUT2D eigenvalue weighted by atomic mass is 9.94. The molecule has 0 bridgehead atoms. The molecule has 0 amide bonds. The SMILES string of the molecule is Nc1ccc2ccc3ccc(Br)c4ccc1c2c34. The standard InChI is InChI=1S/C16H10BrN/c17-13-7-3-9-1-2-10-4-8-14(18)12-6-5-11(13)15(9)16(10)12/h1-8H,18H2. The van der Waals surface area contributed by atoms with Crippen molar-refractivity contribution in [2.45, 2.75) is 0 Å². The number of nitrogens with two attached hydrogens (primary N) is 1. The molecule has 2 N–H and O–H groups in total. The maximum absolute atomic E-state index is 6.09. The summed E-state index contributed by atoms with van der Waals surface area (Å²) in [7, 11) is 0. The summed E-state index contributed by atoms with van der Waals surface area (Å²) in [6.07, 6.45) is 0. The molecule has 0 atom stereocenters. The number of hydrogen-bond acceptors (Lipinski definition) is 1. The van der Waals surface area contributed by atoms with E-state index in [0.29, 0.717) is 0 Å². The van der Waals surface area contributed by atoms with Gasteiger partial charge in [0.2, 0.25) is 0 Å². The zero-order chi connectivity index (χ0) is 12.3. The second-order valence-corrected chi connectivity index (χ2v) is 5.48. The predicted molar refractivity (Wildman–Crippen MR) is 82.3 cm³/mol. The number of halogens is 1. The van der Waals surface area contributed by atoms with Gasteiger partial charge in [0.1, 0.15) is 0 Å². The maximum atomic E-state index is 6.09. The first-order valence-corrected chi connectivity index (χ1v) is 6.66. The smallest absolute Gasteiger partial charge is 0.0394 e. The van der Waals surface area contributed by atoms with E-state index < -0.39 is 0 Å². The summed E-state index contributed by atoms with van der Waals surface area (Å²) in [5.41, 5.74) is 6.94. The fourth-order valence-corrected chi connectivity index (χ4v) is 3.25. The molecule has 1 nitrogen and oxygen atoms in total. The van der Waals surface area contributed by atoms with Crippen LogP contribution in [-0.4, -0.2) is 0 Å². The maximum Gasteiger partial charge on any atom is 0.0394 e. The highest BCUT2D eigenvalue weighted by molar-refractivity contribution is 9.10. The average molecular weight is 296 g/mol. The van der Waals surface area contributed by atoms with Crippen LogP contribution in [0.2, 0.25) is 0 Å². The average Bonchev–Trinajstić information content (AvgIpc) is 2.40. The van der Waals surface area contributed by atoms with Crippen LogP contribution in [0, 0.1) is 0 Å². The van der Waals surface area contributed by atoms with Crippen LogP contribution >= 0.6 is 15.9 Å². The van der Waals surface area contributed by atoms with Gasteiger partial charge in [-0.1, -0.05) is 52.3 Å². The normalized spacial score (nSPS) is 11.8. The molecule has 0 spiro atoms. The minimum Gasteiger partial charge on any atom is -0.398 e. The molecule has 0 saturated heterocycles. The number of rotatable bonds is 0. The minimum atomic E-state index is 0.844. The van der Waals surface area contributed by atoms with Gasteiger partial charge in [0.05, 0.1) is 0 Å². The third-order valence-electron chi connectivity index (χ3n) is 3.65. The molecule has 4 aromatic rings. The van der Waals surface area contributed by atoms with Crippen molar-refractivity contribution in [3.8, 4) is 0 Å². The van der Waals surface area contributed by atoms with E-state index in [0.717, 1.165) is 15.5 Å². The van der Waals surface area contributed by atoms with E-state index in [2.05, 4.69) is 58.4 Å². The minimum absolute atomic E-state index is 0.844. The van der Waals surface area contributed by atoms with E-state index in [9.17, 15) is 0 Å². The quantitative estimate of drug-likeness (QED) is 0.361. The third kappa shape index (κ3) is 1.16. The summed E-state index contributed by atoms with van der Waals surface area (Å²) in [4.78, 5) is 0. The van der Waals surface area contributed by atoms with Crippen LogP contribution in [0.5, 0.6) is 0 Å². The molecule has 4 aromatic carbocycles. The lowest BCUT2D eigenvalue weighted by molar-refractivity contribution is 1.74. The van der Waals surface area contributed by atoms with Crippen LogP contribution in [0.1, 0.15) is 0 Å². The molecule has 2 heteroatoms. The molecule has 0 saturated carbocycles. The molecule has 0 radical (unpaired) electrons. The first-order chi connectivity index (χ1) is 8.75. The Morgan fingerprint density at radius 2 is 1.22 bits per heavy atom. The second kappa shape index (κ2) is 3.36. The summed E-state index contributed by atoms with van der Waals surface area (Å²) < 4.78 is 1.13. The molecule has 0 aliphatic carbocycles. The Morgan fingerprint density at radius 3 is 2.00 bits per heavy atom. The van der Waals surface area contributed by atoms with Gasteiger partial charge in [0.25, 0.3) is 0 Å².